The highest BCUT2D eigenvalue weighted by atomic mass is 35.5. The third kappa shape index (κ3) is 4.19. The van der Waals surface area contributed by atoms with Crippen LogP contribution in [0.1, 0.15) is 18.4 Å². The average molecular weight is 276 g/mol. The fraction of sp³-hybridized carbons (Fsp3) is 0.417. The van der Waals surface area contributed by atoms with Crippen LogP contribution < -0.4 is 5.73 Å². The Morgan fingerprint density at radius 3 is 2.71 bits per heavy atom. The molecule has 0 aliphatic rings. The second-order valence-corrected chi connectivity index (χ2v) is 4.67. The molecule has 1 rings (SSSR count). The fourth-order valence-electron chi connectivity index (χ4n) is 1.65. The minimum Gasteiger partial charge on any atom is -0.481 e. The van der Waals surface area contributed by atoms with Crippen LogP contribution in [0.3, 0.4) is 0 Å². The SMILES string of the molecule is NCCCC(Cc1cccc(Cl)c1Cl)C(=O)O. The van der Waals surface area contributed by atoms with Crippen molar-refractivity contribution in [1.29, 1.82) is 0 Å². The molecule has 3 N–H and O–H groups in total. The molecule has 1 aromatic carbocycles. The summed E-state index contributed by atoms with van der Waals surface area (Å²) in [6.45, 7) is 0.493. The standard InChI is InChI=1S/C12H15Cl2NO2/c13-10-5-1-3-8(11(10)14)7-9(12(16)17)4-2-6-15/h1,3,5,9H,2,4,6-7,15H2,(H,16,17). The van der Waals surface area contributed by atoms with E-state index < -0.39 is 11.9 Å². The van der Waals surface area contributed by atoms with Crippen molar-refractivity contribution in [2.45, 2.75) is 19.3 Å². The second-order valence-electron chi connectivity index (χ2n) is 3.88. The summed E-state index contributed by atoms with van der Waals surface area (Å²) in [7, 11) is 0. The fourth-order valence-corrected chi connectivity index (χ4v) is 2.05. The Labute approximate surface area is 111 Å². The molecule has 0 heterocycles. The van der Waals surface area contributed by atoms with Crippen LogP contribution in [0, 0.1) is 5.92 Å². The number of carboxylic acid groups (broad SMARTS) is 1. The Balaban J connectivity index is 2.78. The van der Waals surface area contributed by atoms with Gasteiger partial charge in [0.2, 0.25) is 0 Å². The smallest absolute Gasteiger partial charge is 0.306 e. The molecule has 1 aromatic rings. The van der Waals surface area contributed by atoms with E-state index in [0.29, 0.717) is 35.9 Å². The number of rotatable bonds is 6. The molecule has 1 atom stereocenters. The van der Waals surface area contributed by atoms with Crippen molar-refractivity contribution in [3.63, 3.8) is 0 Å². The first-order valence-corrected chi connectivity index (χ1v) is 6.17. The van der Waals surface area contributed by atoms with Crippen molar-refractivity contribution in [3.05, 3.63) is 33.8 Å². The minimum atomic E-state index is -0.825. The molecule has 0 aliphatic carbocycles. The van der Waals surface area contributed by atoms with E-state index in [4.69, 9.17) is 34.0 Å². The Bertz CT molecular complexity index is 396. The molecule has 0 saturated carbocycles. The average Bonchev–Trinajstić information content (AvgIpc) is 2.29. The van der Waals surface area contributed by atoms with Crippen LogP contribution >= 0.6 is 23.2 Å². The van der Waals surface area contributed by atoms with Gasteiger partial charge in [0.25, 0.3) is 0 Å². The molecule has 0 aromatic heterocycles. The summed E-state index contributed by atoms with van der Waals surface area (Å²) >= 11 is 11.9. The second kappa shape index (κ2) is 6.84. The van der Waals surface area contributed by atoms with Gasteiger partial charge in [0, 0.05) is 0 Å². The predicted octanol–water partition coefficient (Wildman–Crippen LogP) is 2.98. The number of halogens is 2. The van der Waals surface area contributed by atoms with Crippen molar-refractivity contribution in [3.8, 4) is 0 Å². The van der Waals surface area contributed by atoms with Crippen molar-refractivity contribution < 1.29 is 9.90 Å². The summed E-state index contributed by atoms with van der Waals surface area (Å²) in [4.78, 5) is 11.1. The van der Waals surface area contributed by atoms with E-state index in [-0.39, 0.29) is 0 Å². The number of carbonyl (C=O) groups is 1. The summed E-state index contributed by atoms with van der Waals surface area (Å²) < 4.78 is 0. The van der Waals surface area contributed by atoms with Gasteiger partial charge in [-0.05, 0) is 37.4 Å². The van der Waals surface area contributed by atoms with Crippen LogP contribution in [0.15, 0.2) is 18.2 Å². The monoisotopic (exact) mass is 275 g/mol. The third-order valence-electron chi connectivity index (χ3n) is 2.60. The zero-order valence-electron chi connectivity index (χ0n) is 9.33. The van der Waals surface area contributed by atoms with Gasteiger partial charge < -0.3 is 10.8 Å². The van der Waals surface area contributed by atoms with Crippen LogP contribution in [0.5, 0.6) is 0 Å². The summed E-state index contributed by atoms with van der Waals surface area (Å²) in [5, 5.41) is 9.99. The summed E-state index contributed by atoms with van der Waals surface area (Å²) in [5.41, 5.74) is 6.15. The van der Waals surface area contributed by atoms with E-state index in [1.165, 1.54) is 0 Å². The predicted molar refractivity (Wildman–Crippen MR) is 69.6 cm³/mol. The Kier molecular flexibility index (Phi) is 5.75. The van der Waals surface area contributed by atoms with Crippen molar-refractivity contribution in [1.82, 2.24) is 0 Å². The van der Waals surface area contributed by atoms with Gasteiger partial charge in [0.1, 0.15) is 0 Å². The number of nitrogens with two attached hydrogens (primary N) is 1. The van der Waals surface area contributed by atoms with Gasteiger partial charge in [-0.2, -0.15) is 0 Å². The maximum atomic E-state index is 11.1. The maximum Gasteiger partial charge on any atom is 0.306 e. The first kappa shape index (κ1) is 14.3. The zero-order valence-corrected chi connectivity index (χ0v) is 10.8. The molecule has 3 nitrogen and oxygen atoms in total. The lowest BCUT2D eigenvalue weighted by molar-refractivity contribution is -0.141. The van der Waals surface area contributed by atoms with Gasteiger partial charge in [-0.15, -0.1) is 0 Å². The first-order valence-electron chi connectivity index (χ1n) is 5.42. The number of hydrogen-bond acceptors (Lipinski definition) is 2. The summed E-state index contributed by atoms with van der Waals surface area (Å²) in [5.74, 6) is -1.29. The molecule has 0 amide bonds. The van der Waals surface area contributed by atoms with E-state index in [1.54, 1.807) is 18.2 Å². The van der Waals surface area contributed by atoms with E-state index in [2.05, 4.69) is 0 Å². The van der Waals surface area contributed by atoms with E-state index in [1.807, 2.05) is 0 Å². The molecular formula is C12H15Cl2NO2. The number of benzene rings is 1. The first-order chi connectivity index (χ1) is 8.06. The summed E-state index contributed by atoms with van der Waals surface area (Å²) in [6.07, 6.45) is 1.62. The molecule has 0 saturated heterocycles. The highest BCUT2D eigenvalue weighted by Gasteiger charge is 2.19. The highest BCUT2D eigenvalue weighted by Crippen LogP contribution is 2.28. The highest BCUT2D eigenvalue weighted by molar-refractivity contribution is 6.42. The van der Waals surface area contributed by atoms with Gasteiger partial charge in [0.15, 0.2) is 0 Å². The number of carboxylic acids is 1. The molecule has 1 unspecified atom stereocenters. The van der Waals surface area contributed by atoms with Gasteiger partial charge in [-0.1, -0.05) is 35.3 Å². The molecule has 94 valence electrons. The Morgan fingerprint density at radius 1 is 1.41 bits per heavy atom. The molecule has 0 spiro atoms. The lowest BCUT2D eigenvalue weighted by Crippen LogP contribution is -2.18. The molecule has 0 radical (unpaired) electrons. The van der Waals surface area contributed by atoms with Crippen LogP contribution in [0.2, 0.25) is 10.0 Å². The van der Waals surface area contributed by atoms with E-state index in [9.17, 15) is 4.79 Å². The van der Waals surface area contributed by atoms with Crippen LogP contribution in [-0.4, -0.2) is 17.6 Å². The van der Waals surface area contributed by atoms with E-state index in [0.717, 1.165) is 5.56 Å². The topological polar surface area (TPSA) is 63.3 Å². The van der Waals surface area contributed by atoms with E-state index >= 15 is 0 Å². The quantitative estimate of drug-likeness (QED) is 0.839. The van der Waals surface area contributed by atoms with Crippen molar-refractivity contribution >= 4 is 29.2 Å². The maximum absolute atomic E-state index is 11.1. The zero-order chi connectivity index (χ0) is 12.8. The van der Waals surface area contributed by atoms with Gasteiger partial charge in [-0.3, -0.25) is 4.79 Å². The van der Waals surface area contributed by atoms with Gasteiger partial charge >= 0.3 is 5.97 Å². The Morgan fingerprint density at radius 2 is 2.12 bits per heavy atom. The normalized spacial score (nSPS) is 12.4. The molecule has 0 fully saturated rings. The molecule has 0 bridgehead atoms. The molecule has 0 aliphatic heterocycles. The molecular weight excluding hydrogens is 261 g/mol. The van der Waals surface area contributed by atoms with Gasteiger partial charge in [-0.25, -0.2) is 0 Å². The molecule has 17 heavy (non-hydrogen) atoms. The van der Waals surface area contributed by atoms with Crippen LogP contribution in [0.25, 0.3) is 0 Å². The number of aliphatic carboxylic acids is 1. The summed E-state index contributed by atoms with van der Waals surface area (Å²) in [6, 6.07) is 5.25. The lowest BCUT2D eigenvalue weighted by Gasteiger charge is -2.13. The van der Waals surface area contributed by atoms with Crippen LogP contribution in [-0.2, 0) is 11.2 Å². The molecule has 5 heteroatoms. The van der Waals surface area contributed by atoms with Crippen molar-refractivity contribution in [2.24, 2.45) is 11.7 Å². The van der Waals surface area contributed by atoms with Crippen molar-refractivity contribution in [2.75, 3.05) is 6.54 Å². The number of hydrogen-bond donors (Lipinski definition) is 2. The largest absolute Gasteiger partial charge is 0.481 e. The lowest BCUT2D eigenvalue weighted by atomic mass is 9.95. The van der Waals surface area contributed by atoms with Crippen LogP contribution in [0.4, 0.5) is 0 Å². The Hall–Kier alpha value is -0.770. The van der Waals surface area contributed by atoms with Gasteiger partial charge in [0.05, 0.1) is 16.0 Å². The minimum absolute atomic E-state index is 0.384. The third-order valence-corrected chi connectivity index (χ3v) is 3.46.